The van der Waals surface area contributed by atoms with Crippen molar-refractivity contribution in [1.29, 1.82) is 0 Å². The van der Waals surface area contributed by atoms with Crippen LogP contribution in [0.25, 0.3) is 0 Å². The summed E-state index contributed by atoms with van der Waals surface area (Å²) in [7, 11) is 1.71. The number of esters is 1. The molecular formula is C17H25NO3. The van der Waals surface area contributed by atoms with Crippen LogP contribution in [0, 0.1) is 0 Å². The number of benzene rings is 1. The van der Waals surface area contributed by atoms with Gasteiger partial charge in [0, 0.05) is 12.5 Å². The zero-order chi connectivity index (χ0) is 15.2. The monoisotopic (exact) mass is 291 g/mol. The lowest BCUT2D eigenvalue weighted by Crippen LogP contribution is -2.19. The lowest BCUT2D eigenvalue weighted by Gasteiger charge is -2.13. The smallest absolute Gasteiger partial charge is 0.305 e. The number of nitrogens with two attached hydrogens (primary N) is 1. The highest BCUT2D eigenvalue weighted by Gasteiger charge is 2.23. The summed E-state index contributed by atoms with van der Waals surface area (Å²) < 4.78 is 10.4. The Hall–Kier alpha value is -1.55. The number of hydrogen-bond acceptors (Lipinski definition) is 4. The number of rotatable bonds is 7. The molecule has 0 saturated carbocycles. The number of unbranched alkanes of at least 4 members (excludes halogenated alkanes) is 1. The molecule has 0 amide bonds. The van der Waals surface area contributed by atoms with Crippen molar-refractivity contribution in [2.24, 2.45) is 5.73 Å². The van der Waals surface area contributed by atoms with Gasteiger partial charge < -0.3 is 15.2 Å². The molecule has 1 unspecified atom stereocenters. The largest absolute Gasteiger partial charge is 0.496 e. The predicted octanol–water partition coefficient (Wildman–Crippen LogP) is 2.40. The van der Waals surface area contributed by atoms with Crippen LogP contribution < -0.4 is 10.5 Å². The first kappa shape index (κ1) is 15.8. The quantitative estimate of drug-likeness (QED) is 0.619. The van der Waals surface area contributed by atoms with Crippen molar-refractivity contribution in [2.75, 3.05) is 13.7 Å². The summed E-state index contributed by atoms with van der Waals surface area (Å²) in [5, 5.41) is 0. The van der Waals surface area contributed by atoms with Crippen molar-refractivity contribution in [2.45, 2.75) is 51.5 Å². The van der Waals surface area contributed by atoms with Crippen LogP contribution in [-0.2, 0) is 28.8 Å². The second-order valence-corrected chi connectivity index (χ2v) is 5.56. The van der Waals surface area contributed by atoms with E-state index in [9.17, 15) is 4.79 Å². The molecule has 21 heavy (non-hydrogen) atoms. The third-order valence-electron chi connectivity index (χ3n) is 4.02. The summed E-state index contributed by atoms with van der Waals surface area (Å²) >= 11 is 0. The molecule has 1 aliphatic carbocycles. The van der Waals surface area contributed by atoms with E-state index in [4.69, 9.17) is 15.2 Å². The van der Waals surface area contributed by atoms with E-state index in [-0.39, 0.29) is 12.0 Å². The van der Waals surface area contributed by atoms with Crippen LogP contribution in [0.2, 0.25) is 0 Å². The predicted molar refractivity (Wildman–Crippen MR) is 82.6 cm³/mol. The van der Waals surface area contributed by atoms with Crippen LogP contribution in [0.1, 0.15) is 42.9 Å². The standard InChI is InChI=1S/C17H25NO3/c1-3-21-17(19)7-5-4-6-14-15-11-13(18)10-12(15)8-9-16(14)20-2/h8-9,13H,3-7,10-11,18H2,1-2H3. The van der Waals surface area contributed by atoms with Gasteiger partial charge in [0.1, 0.15) is 5.75 Å². The minimum absolute atomic E-state index is 0.107. The number of carbonyl (C=O) groups is 1. The second-order valence-electron chi connectivity index (χ2n) is 5.56. The fraction of sp³-hybridized carbons (Fsp3) is 0.588. The first-order valence-electron chi connectivity index (χ1n) is 7.74. The molecule has 2 N–H and O–H groups in total. The topological polar surface area (TPSA) is 61.5 Å². The minimum Gasteiger partial charge on any atom is -0.496 e. The molecule has 0 fully saturated rings. The molecule has 0 aliphatic heterocycles. The highest BCUT2D eigenvalue weighted by atomic mass is 16.5. The van der Waals surface area contributed by atoms with Crippen molar-refractivity contribution in [3.8, 4) is 5.75 Å². The molecule has 1 aromatic rings. The van der Waals surface area contributed by atoms with E-state index in [2.05, 4.69) is 6.07 Å². The number of methoxy groups -OCH3 is 1. The van der Waals surface area contributed by atoms with Crippen LogP contribution in [0.5, 0.6) is 5.75 Å². The Morgan fingerprint density at radius 2 is 2.14 bits per heavy atom. The zero-order valence-electron chi connectivity index (χ0n) is 13.0. The molecular weight excluding hydrogens is 266 g/mol. The molecule has 116 valence electrons. The first-order chi connectivity index (χ1) is 10.2. The van der Waals surface area contributed by atoms with E-state index in [1.165, 1.54) is 16.7 Å². The van der Waals surface area contributed by atoms with Gasteiger partial charge >= 0.3 is 5.97 Å². The lowest BCUT2D eigenvalue weighted by molar-refractivity contribution is -0.143. The van der Waals surface area contributed by atoms with Gasteiger partial charge in [0.15, 0.2) is 0 Å². The van der Waals surface area contributed by atoms with Crippen molar-refractivity contribution in [3.05, 3.63) is 28.8 Å². The second kappa shape index (κ2) is 7.46. The normalized spacial score (nSPS) is 16.6. The molecule has 0 heterocycles. The van der Waals surface area contributed by atoms with Crippen LogP contribution in [0.3, 0.4) is 0 Å². The first-order valence-corrected chi connectivity index (χ1v) is 7.74. The van der Waals surface area contributed by atoms with Crippen molar-refractivity contribution in [1.82, 2.24) is 0 Å². The van der Waals surface area contributed by atoms with Crippen molar-refractivity contribution in [3.63, 3.8) is 0 Å². The Balaban J connectivity index is 1.96. The van der Waals surface area contributed by atoms with Gasteiger partial charge in [-0.1, -0.05) is 6.07 Å². The fourth-order valence-electron chi connectivity index (χ4n) is 3.05. The summed E-state index contributed by atoms with van der Waals surface area (Å²) in [6, 6.07) is 4.39. The molecule has 0 aromatic heterocycles. The molecule has 0 bridgehead atoms. The van der Waals surface area contributed by atoms with Gasteiger partial charge in [-0.3, -0.25) is 4.79 Å². The van der Waals surface area contributed by atoms with Gasteiger partial charge in [-0.2, -0.15) is 0 Å². The Bertz CT molecular complexity index is 499. The Morgan fingerprint density at radius 1 is 1.33 bits per heavy atom. The van der Waals surface area contributed by atoms with E-state index in [0.29, 0.717) is 13.0 Å². The Kier molecular flexibility index (Phi) is 5.62. The van der Waals surface area contributed by atoms with E-state index in [0.717, 1.165) is 37.9 Å². The maximum atomic E-state index is 11.3. The van der Waals surface area contributed by atoms with Crippen molar-refractivity contribution >= 4 is 5.97 Å². The Morgan fingerprint density at radius 3 is 2.86 bits per heavy atom. The van der Waals surface area contributed by atoms with E-state index < -0.39 is 0 Å². The fourth-order valence-corrected chi connectivity index (χ4v) is 3.05. The molecule has 1 aromatic carbocycles. The zero-order valence-corrected chi connectivity index (χ0v) is 13.0. The average Bonchev–Trinajstić information content (AvgIpc) is 2.84. The summed E-state index contributed by atoms with van der Waals surface area (Å²) in [6.45, 7) is 2.29. The van der Waals surface area contributed by atoms with Gasteiger partial charge in [-0.25, -0.2) is 0 Å². The highest BCUT2D eigenvalue weighted by molar-refractivity contribution is 5.69. The van der Waals surface area contributed by atoms with Crippen molar-refractivity contribution < 1.29 is 14.3 Å². The molecule has 0 saturated heterocycles. The van der Waals surface area contributed by atoms with Crippen LogP contribution >= 0.6 is 0 Å². The summed E-state index contributed by atoms with van der Waals surface area (Å²) in [4.78, 5) is 11.3. The Labute approximate surface area is 126 Å². The third kappa shape index (κ3) is 3.97. The molecule has 4 heteroatoms. The van der Waals surface area contributed by atoms with Crippen LogP contribution in [0.15, 0.2) is 12.1 Å². The molecule has 2 rings (SSSR count). The molecule has 4 nitrogen and oxygen atoms in total. The highest BCUT2D eigenvalue weighted by Crippen LogP contribution is 2.32. The van der Waals surface area contributed by atoms with E-state index >= 15 is 0 Å². The molecule has 1 aliphatic rings. The van der Waals surface area contributed by atoms with Crippen LogP contribution in [0.4, 0.5) is 0 Å². The maximum Gasteiger partial charge on any atom is 0.305 e. The maximum absolute atomic E-state index is 11.3. The molecule has 0 spiro atoms. The summed E-state index contributed by atoms with van der Waals surface area (Å²) in [5.41, 5.74) is 10.1. The van der Waals surface area contributed by atoms with Gasteiger partial charge in [0.25, 0.3) is 0 Å². The number of ether oxygens (including phenoxy) is 2. The van der Waals surface area contributed by atoms with Gasteiger partial charge in [0.2, 0.25) is 0 Å². The molecule has 1 atom stereocenters. The van der Waals surface area contributed by atoms with Gasteiger partial charge in [-0.15, -0.1) is 0 Å². The van der Waals surface area contributed by atoms with Gasteiger partial charge in [-0.05, 0) is 61.8 Å². The minimum atomic E-state index is -0.107. The summed E-state index contributed by atoms with van der Waals surface area (Å²) in [5.74, 6) is 0.837. The number of carbonyl (C=O) groups excluding carboxylic acids is 1. The van der Waals surface area contributed by atoms with Gasteiger partial charge in [0.05, 0.1) is 13.7 Å². The number of hydrogen-bond donors (Lipinski definition) is 1. The summed E-state index contributed by atoms with van der Waals surface area (Å²) in [6.07, 6.45) is 5.11. The SMILES string of the molecule is CCOC(=O)CCCCc1c(OC)ccc2c1CC(N)C2. The average molecular weight is 291 g/mol. The van der Waals surface area contributed by atoms with Crippen LogP contribution in [-0.4, -0.2) is 25.7 Å². The van der Waals surface area contributed by atoms with E-state index in [1.807, 2.05) is 13.0 Å². The van der Waals surface area contributed by atoms with E-state index in [1.54, 1.807) is 7.11 Å². The number of fused-ring (bicyclic) bond motifs is 1. The lowest BCUT2D eigenvalue weighted by atomic mass is 9.97. The molecule has 0 radical (unpaired) electrons. The third-order valence-corrected chi connectivity index (χ3v) is 4.02.